The summed E-state index contributed by atoms with van der Waals surface area (Å²) in [5, 5.41) is 15.1. The number of hydrazone groups is 1. The highest BCUT2D eigenvalue weighted by Crippen LogP contribution is 2.15. The van der Waals surface area contributed by atoms with Gasteiger partial charge < -0.3 is 15.2 Å². The van der Waals surface area contributed by atoms with E-state index in [1.807, 2.05) is 6.07 Å². The lowest BCUT2D eigenvalue weighted by Gasteiger charge is -2.06. The summed E-state index contributed by atoms with van der Waals surface area (Å²) in [4.78, 5) is 22.2. The Bertz CT molecular complexity index is 701. The molecule has 0 saturated heterocycles. The lowest BCUT2D eigenvalue weighted by molar-refractivity contribution is -0.139. The van der Waals surface area contributed by atoms with E-state index in [2.05, 4.69) is 15.8 Å². The third kappa shape index (κ3) is 5.50. The van der Waals surface area contributed by atoms with Crippen LogP contribution in [0, 0.1) is 0 Å². The van der Waals surface area contributed by atoms with Crippen molar-refractivity contribution >= 4 is 23.9 Å². The lowest BCUT2D eigenvalue weighted by atomic mass is 10.2. The number of urea groups is 1. The molecule has 118 valence electrons. The number of nitrogens with one attached hydrogen (secondary N) is 2. The molecule has 2 aromatic rings. The molecule has 0 aliphatic rings. The predicted octanol–water partition coefficient (Wildman–Crippen LogP) is 2.31. The van der Waals surface area contributed by atoms with E-state index in [-0.39, 0.29) is 0 Å². The number of amides is 2. The highest BCUT2D eigenvalue weighted by atomic mass is 16.5. The first-order chi connectivity index (χ1) is 11.1. The van der Waals surface area contributed by atoms with Crippen molar-refractivity contribution in [3.63, 3.8) is 0 Å². The van der Waals surface area contributed by atoms with Crippen LogP contribution in [-0.2, 0) is 4.79 Å². The fraction of sp³-hybridized carbons (Fsp3) is 0.0625. The Morgan fingerprint density at radius 2 is 1.78 bits per heavy atom. The first-order valence-electron chi connectivity index (χ1n) is 6.74. The highest BCUT2D eigenvalue weighted by Gasteiger charge is 2.04. The van der Waals surface area contributed by atoms with E-state index in [0.717, 1.165) is 0 Å². The molecule has 23 heavy (non-hydrogen) atoms. The molecule has 0 spiro atoms. The third-order valence-corrected chi connectivity index (χ3v) is 2.67. The van der Waals surface area contributed by atoms with Gasteiger partial charge in [0.15, 0.2) is 6.61 Å². The molecule has 0 bridgehead atoms. The molecule has 2 rings (SSSR count). The summed E-state index contributed by atoms with van der Waals surface area (Å²) >= 11 is 0. The molecule has 7 nitrogen and oxygen atoms in total. The summed E-state index contributed by atoms with van der Waals surface area (Å²) < 4.78 is 5.13. The van der Waals surface area contributed by atoms with Crippen molar-refractivity contribution in [2.75, 3.05) is 11.9 Å². The number of hydrogen-bond donors (Lipinski definition) is 3. The van der Waals surface area contributed by atoms with Crippen LogP contribution in [0.15, 0.2) is 59.7 Å². The van der Waals surface area contributed by atoms with Gasteiger partial charge in [-0.15, -0.1) is 0 Å². The van der Waals surface area contributed by atoms with Crippen LogP contribution in [0.2, 0.25) is 0 Å². The van der Waals surface area contributed by atoms with Crippen LogP contribution in [0.3, 0.4) is 0 Å². The summed E-state index contributed by atoms with van der Waals surface area (Å²) in [6, 6.07) is 15.2. The molecule has 0 saturated carbocycles. The molecule has 2 aromatic carbocycles. The second-order valence-electron chi connectivity index (χ2n) is 4.41. The molecule has 0 unspecified atom stereocenters. The number of rotatable bonds is 6. The monoisotopic (exact) mass is 313 g/mol. The van der Waals surface area contributed by atoms with Gasteiger partial charge in [0.2, 0.25) is 0 Å². The van der Waals surface area contributed by atoms with E-state index < -0.39 is 18.6 Å². The number of carboxylic acids is 1. The standard InChI is InChI=1S/C16H15N3O4/c20-15(21)11-23-14-9-5-4-6-12(14)10-17-19-16(22)18-13-7-2-1-3-8-13/h1-10H,11H2,(H,20,21)(H2,18,19,22)/b17-10-. The molecule has 0 radical (unpaired) electrons. The van der Waals surface area contributed by atoms with Crippen LogP contribution >= 0.6 is 0 Å². The number of aliphatic carboxylic acids is 1. The van der Waals surface area contributed by atoms with Gasteiger partial charge in [-0.05, 0) is 24.3 Å². The summed E-state index contributed by atoms with van der Waals surface area (Å²) in [6.07, 6.45) is 1.38. The molecule has 0 aliphatic heterocycles. The second-order valence-corrected chi connectivity index (χ2v) is 4.41. The van der Waals surface area contributed by atoms with Crippen molar-refractivity contribution < 1.29 is 19.4 Å². The van der Waals surface area contributed by atoms with Crippen molar-refractivity contribution in [3.8, 4) is 5.75 Å². The van der Waals surface area contributed by atoms with Crippen LogP contribution in [0.25, 0.3) is 0 Å². The van der Waals surface area contributed by atoms with Crippen molar-refractivity contribution in [3.05, 3.63) is 60.2 Å². The zero-order chi connectivity index (χ0) is 16.5. The quantitative estimate of drug-likeness (QED) is 0.563. The van der Waals surface area contributed by atoms with Gasteiger partial charge in [0.05, 0.1) is 6.21 Å². The van der Waals surface area contributed by atoms with E-state index in [1.54, 1.807) is 48.5 Å². The number of anilines is 1. The molecule has 3 N–H and O–H groups in total. The Morgan fingerprint density at radius 3 is 2.52 bits per heavy atom. The Balaban J connectivity index is 1.92. The number of hydrogen-bond acceptors (Lipinski definition) is 4. The first kappa shape index (κ1) is 16.0. The lowest BCUT2D eigenvalue weighted by Crippen LogP contribution is -2.24. The van der Waals surface area contributed by atoms with Crippen LogP contribution in [0.4, 0.5) is 10.5 Å². The number of carboxylic acid groups (broad SMARTS) is 1. The zero-order valence-electron chi connectivity index (χ0n) is 12.1. The molecule has 0 aliphatic carbocycles. The summed E-state index contributed by atoms with van der Waals surface area (Å²) in [5.74, 6) is -0.707. The number of nitrogens with zero attached hydrogens (tertiary/aromatic N) is 1. The van der Waals surface area contributed by atoms with Crippen LogP contribution in [0.5, 0.6) is 5.75 Å². The van der Waals surface area contributed by atoms with Crippen molar-refractivity contribution in [1.29, 1.82) is 0 Å². The molecule has 0 fully saturated rings. The zero-order valence-corrected chi connectivity index (χ0v) is 12.1. The van der Waals surface area contributed by atoms with Gasteiger partial charge in [0.1, 0.15) is 5.75 Å². The van der Waals surface area contributed by atoms with E-state index in [1.165, 1.54) is 6.21 Å². The fourth-order valence-electron chi connectivity index (χ4n) is 1.70. The maximum atomic E-state index is 11.7. The van der Waals surface area contributed by atoms with Gasteiger partial charge in [-0.2, -0.15) is 5.10 Å². The number of benzene rings is 2. The third-order valence-electron chi connectivity index (χ3n) is 2.67. The highest BCUT2D eigenvalue weighted by molar-refractivity contribution is 5.90. The average Bonchev–Trinajstić information content (AvgIpc) is 2.55. The Hall–Kier alpha value is -3.35. The average molecular weight is 313 g/mol. The Kier molecular flexibility index (Phi) is 5.70. The second kappa shape index (κ2) is 8.18. The topological polar surface area (TPSA) is 100 Å². The SMILES string of the molecule is O=C(O)COc1ccccc1/C=N\NC(=O)Nc1ccccc1. The van der Waals surface area contributed by atoms with E-state index in [0.29, 0.717) is 17.0 Å². The summed E-state index contributed by atoms with van der Waals surface area (Å²) in [6.45, 7) is -0.452. The largest absolute Gasteiger partial charge is 0.481 e. The number of carbonyl (C=O) groups is 2. The van der Waals surface area contributed by atoms with Gasteiger partial charge in [0.25, 0.3) is 0 Å². The van der Waals surface area contributed by atoms with Gasteiger partial charge in [0, 0.05) is 11.3 Å². The first-order valence-corrected chi connectivity index (χ1v) is 6.74. The maximum Gasteiger partial charge on any atom is 0.341 e. The van der Waals surface area contributed by atoms with E-state index >= 15 is 0 Å². The minimum Gasteiger partial charge on any atom is -0.481 e. The maximum absolute atomic E-state index is 11.7. The molecule has 0 aromatic heterocycles. The van der Waals surface area contributed by atoms with Crippen LogP contribution < -0.4 is 15.5 Å². The molecule has 0 heterocycles. The molecular weight excluding hydrogens is 298 g/mol. The van der Waals surface area contributed by atoms with Gasteiger partial charge in [-0.3, -0.25) is 0 Å². The predicted molar refractivity (Wildman–Crippen MR) is 85.8 cm³/mol. The minimum atomic E-state index is -1.07. The van der Waals surface area contributed by atoms with Gasteiger partial charge >= 0.3 is 12.0 Å². The van der Waals surface area contributed by atoms with E-state index in [9.17, 15) is 9.59 Å². The normalized spacial score (nSPS) is 10.3. The number of carbonyl (C=O) groups excluding carboxylic acids is 1. The van der Waals surface area contributed by atoms with Crippen LogP contribution in [0.1, 0.15) is 5.56 Å². The fourth-order valence-corrected chi connectivity index (χ4v) is 1.70. The molecule has 7 heteroatoms. The van der Waals surface area contributed by atoms with Gasteiger partial charge in [-0.25, -0.2) is 15.0 Å². The molecular formula is C16H15N3O4. The summed E-state index contributed by atoms with van der Waals surface area (Å²) in [7, 11) is 0. The molecule has 0 atom stereocenters. The minimum absolute atomic E-state index is 0.365. The number of para-hydroxylation sites is 2. The van der Waals surface area contributed by atoms with Crippen molar-refractivity contribution in [2.45, 2.75) is 0 Å². The Morgan fingerprint density at radius 1 is 1.09 bits per heavy atom. The smallest absolute Gasteiger partial charge is 0.341 e. The van der Waals surface area contributed by atoms with Crippen molar-refractivity contribution in [1.82, 2.24) is 5.43 Å². The van der Waals surface area contributed by atoms with Crippen LogP contribution in [-0.4, -0.2) is 29.9 Å². The van der Waals surface area contributed by atoms with Gasteiger partial charge in [-0.1, -0.05) is 30.3 Å². The summed E-state index contributed by atoms with van der Waals surface area (Å²) in [5.41, 5.74) is 3.51. The van der Waals surface area contributed by atoms with Crippen molar-refractivity contribution in [2.24, 2.45) is 5.10 Å². The van der Waals surface area contributed by atoms with E-state index in [4.69, 9.17) is 9.84 Å². The number of ether oxygens (including phenoxy) is 1. The molecule has 2 amide bonds. The Labute approximate surface area is 132 Å².